The first-order valence-corrected chi connectivity index (χ1v) is 11.2. The first-order chi connectivity index (χ1) is 14.3. The molecular weight excluding hydrogens is 374 g/mol. The lowest BCUT2D eigenvalue weighted by atomic mass is 9.93. The molecule has 1 aromatic carbocycles. The summed E-state index contributed by atoms with van der Waals surface area (Å²) in [4.78, 5) is 17.1. The van der Waals surface area contributed by atoms with Gasteiger partial charge in [0.1, 0.15) is 17.5 Å². The Morgan fingerprint density at radius 2 is 1.73 bits per heavy atom. The van der Waals surface area contributed by atoms with Crippen LogP contribution in [-0.4, -0.2) is 65.8 Å². The fourth-order valence-electron chi connectivity index (χ4n) is 4.41. The van der Waals surface area contributed by atoms with Crippen molar-refractivity contribution in [3.63, 3.8) is 0 Å². The van der Waals surface area contributed by atoms with Gasteiger partial charge in [-0.25, -0.2) is 9.97 Å². The summed E-state index contributed by atoms with van der Waals surface area (Å²) in [5.74, 6) is 3.49. The second-order valence-electron chi connectivity index (χ2n) is 9.76. The molecule has 4 rings (SSSR count). The molecule has 0 saturated carbocycles. The number of hydrogen-bond acceptors (Lipinski definition) is 6. The van der Waals surface area contributed by atoms with Gasteiger partial charge in [0.2, 0.25) is 0 Å². The predicted molar refractivity (Wildman–Crippen MR) is 123 cm³/mol. The van der Waals surface area contributed by atoms with Crippen molar-refractivity contribution < 1.29 is 5.11 Å². The monoisotopic (exact) mass is 409 g/mol. The number of anilines is 3. The first-order valence-electron chi connectivity index (χ1n) is 11.2. The van der Waals surface area contributed by atoms with Crippen LogP contribution in [0.25, 0.3) is 0 Å². The standard InChI is InChI=1S/C24H35N5O/c1-18-15-19-7-5-6-8-20(19)29(17-18)22-16-21(25-23(26-22)24(2,3)4)28-11-9-27(10-12-28)13-14-30/h5-8,16,18,30H,9-15,17H2,1-4H3. The average molecular weight is 410 g/mol. The van der Waals surface area contributed by atoms with Crippen molar-refractivity contribution in [1.82, 2.24) is 14.9 Å². The zero-order chi connectivity index (χ0) is 21.3. The van der Waals surface area contributed by atoms with Gasteiger partial charge in [0.05, 0.1) is 6.61 Å². The van der Waals surface area contributed by atoms with Crippen molar-refractivity contribution in [3.05, 3.63) is 41.7 Å². The molecule has 0 amide bonds. The highest BCUT2D eigenvalue weighted by molar-refractivity contribution is 5.67. The second-order valence-corrected chi connectivity index (χ2v) is 9.76. The number of rotatable bonds is 4. The Kier molecular flexibility index (Phi) is 5.98. The van der Waals surface area contributed by atoms with Crippen LogP contribution in [0.15, 0.2) is 30.3 Å². The predicted octanol–water partition coefficient (Wildman–Crippen LogP) is 3.22. The van der Waals surface area contributed by atoms with Gasteiger partial charge in [-0.15, -0.1) is 0 Å². The maximum absolute atomic E-state index is 9.23. The summed E-state index contributed by atoms with van der Waals surface area (Å²) in [6.45, 7) is 14.6. The summed E-state index contributed by atoms with van der Waals surface area (Å²) >= 11 is 0. The molecule has 1 unspecified atom stereocenters. The summed E-state index contributed by atoms with van der Waals surface area (Å²) in [5.41, 5.74) is 2.55. The number of para-hydroxylation sites is 1. The molecule has 0 aliphatic carbocycles. The lowest BCUT2D eigenvalue weighted by Crippen LogP contribution is -2.47. The van der Waals surface area contributed by atoms with E-state index in [4.69, 9.17) is 9.97 Å². The third-order valence-corrected chi connectivity index (χ3v) is 6.10. The lowest BCUT2D eigenvalue weighted by molar-refractivity contribution is 0.188. The molecule has 0 bridgehead atoms. The van der Waals surface area contributed by atoms with Crippen LogP contribution in [0.2, 0.25) is 0 Å². The summed E-state index contributed by atoms with van der Waals surface area (Å²) in [5, 5.41) is 9.23. The molecule has 6 nitrogen and oxygen atoms in total. The molecule has 2 aromatic rings. The van der Waals surface area contributed by atoms with Gasteiger partial charge in [0.15, 0.2) is 0 Å². The number of piperazine rings is 1. The van der Waals surface area contributed by atoms with Gasteiger partial charge in [0, 0.05) is 56.4 Å². The minimum absolute atomic E-state index is 0.121. The van der Waals surface area contributed by atoms with Gasteiger partial charge in [-0.05, 0) is 24.0 Å². The van der Waals surface area contributed by atoms with Gasteiger partial charge in [-0.3, -0.25) is 4.90 Å². The molecule has 2 aliphatic rings. The van der Waals surface area contributed by atoms with Crippen LogP contribution in [0.3, 0.4) is 0 Å². The number of aliphatic hydroxyl groups is 1. The zero-order valence-electron chi connectivity index (χ0n) is 18.8. The number of fused-ring (bicyclic) bond motifs is 1. The third-order valence-electron chi connectivity index (χ3n) is 6.10. The van der Waals surface area contributed by atoms with Crippen LogP contribution in [0.1, 0.15) is 39.1 Å². The van der Waals surface area contributed by atoms with Crippen LogP contribution < -0.4 is 9.80 Å². The highest BCUT2D eigenvalue weighted by Crippen LogP contribution is 2.36. The van der Waals surface area contributed by atoms with Gasteiger partial charge in [-0.2, -0.15) is 0 Å². The maximum atomic E-state index is 9.23. The fraction of sp³-hybridized carbons (Fsp3) is 0.583. The average Bonchev–Trinajstić information content (AvgIpc) is 2.73. The molecule has 1 N–H and O–H groups in total. The van der Waals surface area contributed by atoms with Crippen molar-refractivity contribution in [3.8, 4) is 0 Å². The van der Waals surface area contributed by atoms with Gasteiger partial charge < -0.3 is 14.9 Å². The number of nitrogens with zero attached hydrogens (tertiary/aromatic N) is 5. The minimum Gasteiger partial charge on any atom is -0.395 e. The SMILES string of the molecule is CC1Cc2ccccc2N(c2cc(N3CCN(CCO)CC3)nc(C(C)(C)C)n2)C1. The Labute approximate surface area is 180 Å². The van der Waals surface area contributed by atoms with Crippen LogP contribution >= 0.6 is 0 Å². The van der Waals surface area contributed by atoms with E-state index in [0.717, 1.165) is 63.1 Å². The molecule has 1 atom stereocenters. The van der Waals surface area contributed by atoms with E-state index in [0.29, 0.717) is 5.92 Å². The summed E-state index contributed by atoms with van der Waals surface area (Å²) in [6, 6.07) is 10.9. The van der Waals surface area contributed by atoms with Crippen molar-refractivity contribution in [1.29, 1.82) is 0 Å². The van der Waals surface area contributed by atoms with E-state index in [2.05, 4.69) is 72.7 Å². The molecule has 0 spiro atoms. The smallest absolute Gasteiger partial charge is 0.138 e. The fourth-order valence-corrected chi connectivity index (χ4v) is 4.41. The van der Waals surface area contributed by atoms with E-state index in [1.165, 1.54) is 11.3 Å². The summed E-state index contributed by atoms with van der Waals surface area (Å²) < 4.78 is 0. The van der Waals surface area contributed by atoms with E-state index in [-0.39, 0.29) is 12.0 Å². The zero-order valence-corrected chi connectivity index (χ0v) is 18.8. The Hall–Kier alpha value is -2.18. The molecular formula is C24H35N5O. The normalized spacial score (nSPS) is 20.4. The molecule has 1 aromatic heterocycles. The molecule has 1 fully saturated rings. The molecule has 30 heavy (non-hydrogen) atoms. The molecule has 0 radical (unpaired) electrons. The van der Waals surface area contributed by atoms with Crippen LogP contribution in [-0.2, 0) is 11.8 Å². The first kappa shape index (κ1) is 21.1. The Morgan fingerprint density at radius 3 is 2.43 bits per heavy atom. The number of benzene rings is 1. The molecule has 162 valence electrons. The number of aromatic nitrogens is 2. The number of aliphatic hydroxyl groups excluding tert-OH is 1. The van der Waals surface area contributed by atoms with Crippen molar-refractivity contribution >= 4 is 17.3 Å². The third kappa shape index (κ3) is 4.44. The molecule has 6 heteroatoms. The Morgan fingerprint density at radius 1 is 1.03 bits per heavy atom. The van der Waals surface area contributed by atoms with Crippen molar-refractivity contribution in [2.24, 2.45) is 5.92 Å². The lowest BCUT2D eigenvalue weighted by Gasteiger charge is -2.37. The summed E-state index contributed by atoms with van der Waals surface area (Å²) in [7, 11) is 0. The van der Waals surface area contributed by atoms with Gasteiger partial charge >= 0.3 is 0 Å². The van der Waals surface area contributed by atoms with Gasteiger partial charge in [0.25, 0.3) is 0 Å². The molecule has 3 heterocycles. The van der Waals surface area contributed by atoms with E-state index in [9.17, 15) is 5.11 Å². The van der Waals surface area contributed by atoms with Gasteiger partial charge in [-0.1, -0.05) is 45.9 Å². The quantitative estimate of drug-likeness (QED) is 0.837. The molecule has 2 aliphatic heterocycles. The van der Waals surface area contributed by atoms with E-state index >= 15 is 0 Å². The highest BCUT2D eigenvalue weighted by Gasteiger charge is 2.28. The Bertz CT molecular complexity index is 870. The number of β-amino-alcohol motifs (C(OH)–C–C–N with tert-alkyl or cyclic N) is 1. The largest absolute Gasteiger partial charge is 0.395 e. The second kappa shape index (κ2) is 8.52. The topological polar surface area (TPSA) is 55.7 Å². The van der Waals surface area contributed by atoms with E-state index < -0.39 is 0 Å². The van der Waals surface area contributed by atoms with Crippen LogP contribution in [0.5, 0.6) is 0 Å². The van der Waals surface area contributed by atoms with E-state index in [1.807, 2.05) is 0 Å². The number of hydrogen-bond donors (Lipinski definition) is 1. The van der Waals surface area contributed by atoms with Crippen molar-refractivity contribution in [2.75, 3.05) is 55.7 Å². The maximum Gasteiger partial charge on any atom is 0.138 e. The van der Waals surface area contributed by atoms with Crippen LogP contribution in [0, 0.1) is 5.92 Å². The molecule has 1 saturated heterocycles. The minimum atomic E-state index is -0.121. The Balaban J connectivity index is 1.70. The van der Waals surface area contributed by atoms with Crippen LogP contribution in [0.4, 0.5) is 17.3 Å². The van der Waals surface area contributed by atoms with Crippen molar-refractivity contribution in [2.45, 2.75) is 39.5 Å². The van der Waals surface area contributed by atoms with E-state index in [1.54, 1.807) is 0 Å². The summed E-state index contributed by atoms with van der Waals surface area (Å²) in [6.07, 6.45) is 1.11. The highest BCUT2D eigenvalue weighted by atomic mass is 16.3.